The predicted molar refractivity (Wildman–Crippen MR) is 114 cm³/mol. The van der Waals surface area contributed by atoms with Crippen molar-refractivity contribution in [2.75, 3.05) is 5.32 Å². The highest BCUT2D eigenvalue weighted by atomic mass is 16.5. The van der Waals surface area contributed by atoms with Crippen LogP contribution in [0.25, 0.3) is 22.4 Å². The van der Waals surface area contributed by atoms with Crippen LogP contribution >= 0.6 is 0 Å². The van der Waals surface area contributed by atoms with Crippen molar-refractivity contribution in [1.82, 2.24) is 15.0 Å². The van der Waals surface area contributed by atoms with Crippen LogP contribution in [0.2, 0.25) is 0 Å². The molecule has 0 spiro atoms. The Morgan fingerprint density at radius 2 is 1.80 bits per heavy atom. The molecule has 4 rings (SSSR count). The summed E-state index contributed by atoms with van der Waals surface area (Å²) in [6.07, 6.45) is 0.653. The van der Waals surface area contributed by atoms with Crippen LogP contribution in [0, 0.1) is 6.92 Å². The highest BCUT2D eigenvalue weighted by Gasteiger charge is 2.22. The standard InChI is InChI=1S/C23H20N4O3/c1-14-11-12-20(24-13-14)27-22(28)15(2)30-23(29)17-8-4-3-7-16(17)21-25-18-9-5-6-10-19(18)26-21/h3-13,15H,1-2H3,(H,25,26)(H,24,27,28). The van der Waals surface area contributed by atoms with Gasteiger partial charge in [-0.05, 0) is 43.7 Å². The molecule has 2 aromatic heterocycles. The number of hydrogen-bond acceptors (Lipinski definition) is 5. The third-order valence-electron chi connectivity index (χ3n) is 4.61. The van der Waals surface area contributed by atoms with Gasteiger partial charge in [0.25, 0.3) is 5.91 Å². The quantitative estimate of drug-likeness (QED) is 0.491. The summed E-state index contributed by atoms with van der Waals surface area (Å²) in [5, 5.41) is 2.64. The lowest BCUT2D eigenvalue weighted by Gasteiger charge is -2.14. The Kier molecular flexibility index (Phi) is 5.26. The maximum Gasteiger partial charge on any atom is 0.339 e. The number of esters is 1. The van der Waals surface area contributed by atoms with Crippen molar-refractivity contribution in [2.24, 2.45) is 0 Å². The van der Waals surface area contributed by atoms with Crippen LogP contribution in [0.3, 0.4) is 0 Å². The van der Waals surface area contributed by atoms with Gasteiger partial charge < -0.3 is 15.0 Å². The molecule has 7 nitrogen and oxygen atoms in total. The molecule has 7 heteroatoms. The molecule has 1 unspecified atom stereocenters. The number of H-pyrrole nitrogens is 1. The van der Waals surface area contributed by atoms with Gasteiger partial charge in [0.05, 0.1) is 16.6 Å². The molecule has 30 heavy (non-hydrogen) atoms. The Balaban J connectivity index is 1.52. The lowest BCUT2D eigenvalue weighted by atomic mass is 10.1. The van der Waals surface area contributed by atoms with E-state index in [0.29, 0.717) is 22.8 Å². The average molecular weight is 400 g/mol. The second-order valence-electron chi connectivity index (χ2n) is 6.91. The van der Waals surface area contributed by atoms with Crippen molar-refractivity contribution in [3.8, 4) is 11.4 Å². The largest absolute Gasteiger partial charge is 0.449 e. The summed E-state index contributed by atoms with van der Waals surface area (Å²) in [5.74, 6) is -0.104. The lowest BCUT2D eigenvalue weighted by molar-refractivity contribution is -0.123. The lowest BCUT2D eigenvalue weighted by Crippen LogP contribution is -2.30. The smallest absolute Gasteiger partial charge is 0.339 e. The monoisotopic (exact) mass is 400 g/mol. The van der Waals surface area contributed by atoms with E-state index in [4.69, 9.17) is 4.74 Å². The number of nitrogens with zero attached hydrogens (tertiary/aromatic N) is 2. The molecule has 1 atom stereocenters. The minimum Gasteiger partial charge on any atom is -0.449 e. The number of nitrogens with one attached hydrogen (secondary N) is 2. The van der Waals surface area contributed by atoms with Crippen LogP contribution in [-0.4, -0.2) is 32.9 Å². The minimum absolute atomic E-state index is 0.324. The Bertz CT molecular complexity index is 1180. The zero-order chi connectivity index (χ0) is 21.1. The molecule has 0 fully saturated rings. The molecule has 150 valence electrons. The molecule has 2 N–H and O–H groups in total. The van der Waals surface area contributed by atoms with Crippen LogP contribution in [0.5, 0.6) is 0 Å². The van der Waals surface area contributed by atoms with Gasteiger partial charge >= 0.3 is 5.97 Å². The number of ether oxygens (including phenoxy) is 1. The third kappa shape index (κ3) is 4.05. The van der Waals surface area contributed by atoms with E-state index in [-0.39, 0.29) is 0 Å². The highest BCUT2D eigenvalue weighted by molar-refractivity contribution is 6.00. The summed E-state index contributed by atoms with van der Waals surface area (Å²) in [5.41, 5.74) is 3.58. The zero-order valence-corrected chi connectivity index (χ0v) is 16.5. The number of benzene rings is 2. The van der Waals surface area contributed by atoms with Crippen molar-refractivity contribution < 1.29 is 14.3 Å². The zero-order valence-electron chi connectivity index (χ0n) is 16.5. The van der Waals surface area contributed by atoms with E-state index in [1.54, 1.807) is 30.5 Å². The number of pyridine rings is 1. The van der Waals surface area contributed by atoms with Crippen LogP contribution in [0.4, 0.5) is 5.82 Å². The van der Waals surface area contributed by atoms with Gasteiger partial charge in [0, 0.05) is 11.8 Å². The first-order chi connectivity index (χ1) is 14.5. The summed E-state index contributed by atoms with van der Waals surface area (Å²) >= 11 is 0. The number of para-hydroxylation sites is 2. The Morgan fingerprint density at radius 1 is 1.03 bits per heavy atom. The van der Waals surface area contributed by atoms with Crippen molar-refractivity contribution in [3.05, 3.63) is 78.0 Å². The first kappa shape index (κ1) is 19.3. The number of anilines is 1. The average Bonchev–Trinajstić information content (AvgIpc) is 3.19. The Hall–Kier alpha value is -4.00. The molecular formula is C23H20N4O3. The number of amides is 1. The molecule has 2 heterocycles. The number of aryl methyl sites for hydroxylation is 1. The minimum atomic E-state index is -0.996. The molecule has 4 aromatic rings. The maximum absolute atomic E-state index is 12.8. The van der Waals surface area contributed by atoms with E-state index in [1.165, 1.54) is 6.92 Å². The van der Waals surface area contributed by atoms with E-state index in [9.17, 15) is 9.59 Å². The fraction of sp³-hybridized carbons (Fsp3) is 0.130. The number of aromatic amines is 1. The van der Waals surface area contributed by atoms with E-state index in [2.05, 4.69) is 20.3 Å². The number of fused-ring (bicyclic) bond motifs is 1. The number of imidazole rings is 1. The topological polar surface area (TPSA) is 97.0 Å². The summed E-state index contributed by atoms with van der Waals surface area (Å²) < 4.78 is 5.41. The molecule has 0 saturated heterocycles. The molecule has 0 aliphatic rings. The van der Waals surface area contributed by atoms with E-state index in [0.717, 1.165) is 16.6 Å². The molecule has 0 aliphatic carbocycles. The predicted octanol–water partition coefficient (Wildman–Crippen LogP) is 4.12. The molecule has 0 aliphatic heterocycles. The van der Waals surface area contributed by atoms with E-state index < -0.39 is 18.0 Å². The number of rotatable bonds is 5. The molecule has 2 aromatic carbocycles. The van der Waals surface area contributed by atoms with Gasteiger partial charge in [-0.1, -0.05) is 36.4 Å². The van der Waals surface area contributed by atoms with Gasteiger partial charge in [0.1, 0.15) is 11.6 Å². The number of hydrogen-bond donors (Lipinski definition) is 2. The van der Waals surface area contributed by atoms with Gasteiger partial charge in [-0.3, -0.25) is 4.79 Å². The van der Waals surface area contributed by atoms with Crippen molar-refractivity contribution in [3.63, 3.8) is 0 Å². The summed E-state index contributed by atoms with van der Waals surface area (Å²) in [7, 11) is 0. The molecule has 0 radical (unpaired) electrons. The summed E-state index contributed by atoms with van der Waals surface area (Å²) in [4.78, 5) is 37.1. The van der Waals surface area contributed by atoms with Crippen LogP contribution in [0.15, 0.2) is 66.9 Å². The Morgan fingerprint density at radius 3 is 2.57 bits per heavy atom. The van der Waals surface area contributed by atoms with Crippen LogP contribution < -0.4 is 5.32 Å². The van der Waals surface area contributed by atoms with Crippen molar-refractivity contribution in [1.29, 1.82) is 0 Å². The SMILES string of the molecule is Cc1ccc(NC(=O)C(C)OC(=O)c2ccccc2-c2nc3ccccc3[nH]2)nc1. The van der Waals surface area contributed by atoms with Crippen LogP contribution in [0.1, 0.15) is 22.8 Å². The molecule has 0 bridgehead atoms. The second kappa shape index (κ2) is 8.16. The highest BCUT2D eigenvalue weighted by Crippen LogP contribution is 2.24. The normalized spacial score (nSPS) is 11.8. The van der Waals surface area contributed by atoms with Crippen LogP contribution in [-0.2, 0) is 9.53 Å². The number of aromatic nitrogens is 3. The first-order valence-corrected chi connectivity index (χ1v) is 9.50. The van der Waals surface area contributed by atoms with Gasteiger partial charge in [-0.15, -0.1) is 0 Å². The second-order valence-corrected chi connectivity index (χ2v) is 6.91. The van der Waals surface area contributed by atoms with Crippen molar-refractivity contribution in [2.45, 2.75) is 20.0 Å². The van der Waals surface area contributed by atoms with Gasteiger partial charge in [-0.25, -0.2) is 14.8 Å². The first-order valence-electron chi connectivity index (χ1n) is 9.50. The maximum atomic E-state index is 12.8. The molecule has 0 saturated carbocycles. The summed E-state index contributed by atoms with van der Waals surface area (Å²) in [6, 6.07) is 18.1. The van der Waals surface area contributed by atoms with Crippen molar-refractivity contribution >= 4 is 28.7 Å². The van der Waals surface area contributed by atoms with Gasteiger partial charge in [0.2, 0.25) is 0 Å². The molecular weight excluding hydrogens is 380 g/mol. The third-order valence-corrected chi connectivity index (χ3v) is 4.61. The number of carbonyl (C=O) groups is 2. The van der Waals surface area contributed by atoms with E-state index >= 15 is 0 Å². The number of carbonyl (C=O) groups excluding carboxylic acids is 2. The molecule has 1 amide bonds. The Labute approximate surface area is 173 Å². The van der Waals surface area contributed by atoms with Gasteiger partial charge in [-0.2, -0.15) is 0 Å². The van der Waals surface area contributed by atoms with E-state index in [1.807, 2.05) is 43.3 Å². The fourth-order valence-corrected chi connectivity index (χ4v) is 3.00. The van der Waals surface area contributed by atoms with Gasteiger partial charge in [0.15, 0.2) is 6.10 Å². The fourth-order valence-electron chi connectivity index (χ4n) is 3.00. The summed E-state index contributed by atoms with van der Waals surface area (Å²) in [6.45, 7) is 3.42.